The van der Waals surface area contributed by atoms with Crippen LogP contribution in [0.2, 0.25) is 0 Å². The second kappa shape index (κ2) is 4.94. The van der Waals surface area contributed by atoms with E-state index < -0.39 is 11.5 Å². The zero-order valence-corrected chi connectivity index (χ0v) is 10.7. The van der Waals surface area contributed by atoms with Crippen molar-refractivity contribution in [1.82, 2.24) is 4.98 Å². The number of carboxylic acids is 1. The Hall–Kier alpha value is -1.62. The number of rotatable bonds is 3. The Kier molecular flexibility index (Phi) is 3.52. The summed E-state index contributed by atoms with van der Waals surface area (Å²) < 4.78 is 5.24. The second-order valence-corrected chi connectivity index (χ2v) is 4.76. The van der Waals surface area contributed by atoms with E-state index in [0.717, 1.165) is 17.1 Å². The lowest BCUT2D eigenvalue weighted by Crippen LogP contribution is -2.50. The first-order chi connectivity index (χ1) is 8.52. The van der Waals surface area contributed by atoms with Crippen LogP contribution in [0.4, 0.5) is 5.69 Å². The number of aliphatic carboxylic acids is 1. The van der Waals surface area contributed by atoms with Crippen molar-refractivity contribution in [3.8, 4) is 0 Å². The third-order valence-corrected chi connectivity index (χ3v) is 3.22. The number of ether oxygens (including phenoxy) is 1. The highest BCUT2D eigenvalue weighted by atomic mass is 16.5. The first kappa shape index (κ1) is 12.8. The molecule has 2 heterocycles. The van der Waals surface area contributed by atoms with Crippen LogP contribution < -0.4 is 5.32 Å². The fraction of sp³-hybridized carbons (Fsp3) is 0.538. The van der Waals surface area contributed by atoms with Crippen molar-refractivity contribution in [2.45, 2.75) is 32.2 Å². The van der Waals surface area contributed by atoms with E-state index in [1.54, 1.807) is 0 Å². The van der Waals surface area contributed by atoms with Gasteiger partial charge in [-0.2, -0.15) is 0 Å². The van der Waals surface area contributed by atoms with E-state index in [1.807, 2.05) is 26.0 Å². The molecule has 1 fully saturated rings. The van der Waals surface area contributed by atoms with Gasteiger partial charge in [0.05, 0.1) is 0 Å². The first-order valence-corrected chi connectivity index (χ1v) is 6.06. The molecule has 1 aromatic heterocycles. The molecule has 1 aromatic rings. The predicted molar refractivity (Wildman–Crippen MR) is 67.8 cm³/mol. The largest absolute Gasteiger partial charge is 0.480 e. The van der Waals surface area contributed by atoms with Crippen LogP contribution in [-0.2, 0) is 9.53 Å². The number of hydrogen-bond acceptors (Lipinski definition) is 4. The number of nitrogens with one attached hydrogen (secondary N) is 1. The minimum Gasteiger partial charge on any atom is -0.480 e. The van der Waals surface area contributed by atoms with Crippen molar-refractivity contribution in [2.24, 2.45) is 0 Å². The highest BCUT2D eigenvalue weighted by Gasteiger charge is 2.40. The van der Waals surface area contributed by atoms with Gasteiger partial charge in [0, 0.05) is 43.1 Å². The van der Waals surface area contributed by atoms with Crippen molar-refractivity contribution < 1.29 is 14.6 Å². The maximum atomic E-state index is 11.5. The molecule has 0 aromatic carbocycles. The molecule has 18 heavy (non-hydrogen) atoms. The van der Waals surface area contributed by atoms with E-state index in [0.29, 0.717) is 26.1 Å². The molecule has 0 radical (unpaired) electrons. The SMILES string of the molecule is Cc1cc(NC2(C(=O)O)CCOCC2)cc(C)n1. The Balaban J connectivity index is 2.25. The lowest BCUT2D eigenvalue weighted by Gasteiger charge is -2.34. The number of anilines is 1. The number of carbonyl (C=O) groups is 1. The van der Waals surface area contributed by atoms with Gasteiger partial charge in [0.1, 0.15) is 5.54 Å². The van der Waals surface area contributed by atoms with Crippen molar-refractivity contribution in [1.29, 1.82) is 0 Å². The second-order valence-electron chi connectivity index (χ2n) is 4.76. The topological polar surface area (TPSA) is 71.5 Å². The summed E-state index contributed by atoms with van der Waals surface area (Å²) in [7, 11) is 0. The van der Waals surface area contributed by atoms with Crippen LogP contribution >= 0.6 is 0 Å². The highest BCUT2D eigenvalue weighted by molar-refractivity contribution is 5.83. The van der Waals surface area contributed by atoms with Gasteiger partial charge < -0.3 is 15.2 Å². The smallest absolute Gasteiger partial charge is 0.329 e. The molecule has 1 aliphatic heterocycles. The number of hydrogen-bond donors (Lipinski definition) is 2. The molecule has 0 atom stereocenters. The molecule has 0 spiro atoms. The summed E-state index contributed by atoms with van der Waals surface area (Å²) in [5.41, 5.74) is 1.65. The predicted octanol–water partition coefficient (Wildman–Crippen LogP) is 1.74. The van der Waals surface area contributed by atoms with Gasteiger partial charge in [-0.25, -0.2) is 4.79 Å². The average molecular weight is 250 g/mol. The molecule has 0 amide bonds. The number of aromatic nitrogens is 1. The Bertz CT molecular complexity index is 433. The summed E-state index contributed by atoms with van der Waals surface area (Å²) >= 11 is 0. The van der Waals surface area contributed by atoms with Gasteiger partial charge in [0.2, 0.25) is 0 Å². The van der Waals surface area contributed by atoms with Crippen molar-refractivity contribution in [2.75, 3.05) is 18.5 Å². The van der Waals surface area contributed by atoms with Crippen LogP contribution in [0, 0.1) is 13.8 Å². The Morgan fingerprint density at radius 2 is 1.89 bits per heavy atom. The van der Waals surface area contributed by atoms with Crippen molar-refractivity contribution in [3.63, 3.8) is 0 Å². The summed E-state index contributed by atoms with van der Waals surface area (Å²) in [4.78, 5) is 15.8. The van der Waals surface area contributed by atoms with Crippen LogP contribution in [0.5, 0.6) is 0 Å². The van der Waals surface area contributed by atoms with Gasteiger partial charge in [-0.3, -0.25) is 4.98 Å². The molecule has 0 aliphatic carbocycles. The van der Waals surface area contributed by atoms with E-state index in [-0.39, 0.29) is 0 Å². The molecule has 0 saturated carbocycles. The quantitative estimate of drug-likeness (QED) is 0.855. The monoisotopic (exact) mass is 250 g/mol. The molecule has 1 saturated heterocycles. The Labute approximate surface area is 106 Å². The zero-order chi connectivity index (χ0) is 13.2. The highest BCUT2D eigenvalue weighted by Crippen LogP contribution is 2.27. The summed E-state index contributed by atoms with van der Waals surface area (Å²) in [6.07, 6.45) is 0.950. The maximum absolute atomic E-state index is 11.5. The zero-order valence-electron chi connectivity index (χ0n) is 10.7. The summed E-state index contributed by atoms with van der Waals surface area (Å²) in [5.74, 6) is -0.821. The maximum Gasteiger partial charge on any atom is 0.329 e. The van der Waals surface area contributed by atoms with Crippen molar-refractivity contribution >= 4 is 11.7 Å². The van der Waals surface area contributed by atoms with Crippen LogP contribution in [0.1, 0.15) is 24.2 Å². The number of pyridine rings is 1. The van der Waals surface area contributed by atoms with Gasteiger partial charge in [0.15, 0.2) is 0 Å². The Morgan fingerprint density at radius 3 is 2.39 bits per heavy atom. The van der Waals surface area contributed by atoms with E-state index >= 15 is 0 Å². The lowest BCUT2D eigenvalue weighted by atomic mass is 9.90. The first-order valence-electron chi connectivity index (χ1n) is 6.06. The Morgan fingerprint density at radius 1 is 1.33 bits per heavy atom. The fourth-order valence-corrected chi connectivity index (χ4v) is 2.30. The van der Waals surface area contributed by atoms with Crippen molar-refractivity contribution in [3.05, 3.63) is 23.5 Å². The van der Waals surface area contributed by atoms with Gasteiger partial charge in [-0.1, -0.05) is 0 Å². The third-order valence-electron chi connectivity index (χ3n) is 3.22. The van der Waals surface area contributed by atoms with Crippen LogP contribution in [0.25, 0.3) is 0 Å². The molecule has 5 heteroatoms. The molecule has 0 unspecified atom stereocenters. The van der Waals surface area contributed by atoms with Crippen LogP contribution in [0.15, 0.2) is 12.1 Å². The van der Waals surface area contributed by atoms with E-state index in [9.17, 15) is 9.90 Å². The fourth-order valence-electron chi connectivity index (χ4n) is 2.30. The molecule has 1 aliphatic rings. The number of aryl methyl sites for hydroxylation is 2. The molecule has 5 nitrogen and oxygen atoms in total. The molecule has 98 valence electrons. The third kappa shape index (κ3) is 2.61. The van der Waals surface area contributed by atoms with E-state index in [4.69, 9.17) is 4.74 Å². The van der Waals surface area contributed by atoms with Crippen LogP contribution in [-0.4, -0.2) is 34.8 Å². The number of nitrogens with zero attached hydrogens (tertiary/aromatic N) is 1. The minimum atomic E-state index is -0.918. The molecule has 2 rings (SSSR count). The normalized spacial score (nSPS) is 18.3. The van der Waals surface area contributed by atoms with Gasteiger partial charge >= 0.3 is 5.97 Å². The molecule has 0 bridgehead atoms. The summed E-state index contributed by atoms with van der Waals surface area (Å²) in [6, 6.07) is 3.74. The van der Waals surface area contributed by atoms with Gasteiger partial charge in [-0.15, -0.1) is 0 Å². The average Bonchev–Trinajstić information content (AvgIpc) is 2.28. The van der Waals surface area contributed by atoms with E-state index in [1.165, 1.54) is 0 Å². The molecule has 2 N–H and O–H groups in total. The molecular weight excluding hydrogens is 232 g/mol. The summed E-state index contributed by atoms with van der Waals surface area (Å²) in [5, 5.41) is 12.6. The lowest BCUT2D eigenvalue weighted by molar-refractivity contribution is -0.145. The standard InChI is InChI=1S/C13H18N2O3/c1-9-7-11(8-10(2)14-9)15-13(12(16)17)3-5-18-6-4-13/h7-8H,3-6H2,1-2H3,(H,14,15)(H,16,17). The minimum absolute atomic E-state index is 0.475. The summed E-state index contributed by atoms with van der Waals surface area (Å²) in [6.45, 7) is 4.75. The number of carboxylic acid groups (broad SMARTS) is 1. The van der Waals surface area contributed by atoms with Gasteiger partial charge in [-0.05, 0) is 26.0 Å². The molecular formula is C13H18N2O3. The van der Waals surface area contributed by atoms with Gasteiger partial charge in [0.25, 0.3) is 0 Å². The van der Waals surface area contributed by atoms with E-state index in [2.05, 4.69) is 10.3 Å². The van der Waals surface area contributed by atoms with Crippen LogP contribution in [0.3, 0.4) is 0 Å².